The van der Waals surface area contributed by atoms with Gasteiger partial charge in [-0.2, -0.15) is 0 Å². The van der Waals surface area contributed by atoms with Crippen molar-refractivity contribution in [3.63, 3.8) is 0 Å². The molecule has 1 aromatic carbocycles. The van der Waals surface area contributed by atoms with Crippen molar-refractivity contribution >= 4 is 5.91 Å². The maximum absolute atomic E-state index is 13.7. The molecule has 0 heterocycles. The first kappa shape index (κ1) is 14.0. The van der Waals surface area contributed by atoms with Crippen molar-refractivity contribution in [1.82, 2.24) is 4.90 Å². The fraction of sp³-hybridized carbons (Fsp3) is 0.533. The highest BCUT2D eigenvalue weighted by Crippen LogP contribution is 2.29. The zero-order valence-electron chi connectivity index (χ0n) is 11.3. The van der Waals surface area contributed by atoms with Crippen LogP contribution in [0.2, 0.25) is 0 Å². The van der Waals surface area contributed by atoms with Gasteiger partial charge in [-0.25, -0.2) is 8.78 Å². The molecule has 1 fully saturated rings. The average Bonchev–Trinajstić information content (AvgIpc) is 3.17. The fourth-order valence-electron chi connectivity index (χ4n) is 2.06. The molecule has 0 spiro atoms. The van der Waals surface area contributed by atoms with E-state index in [4.69, 9.17) is 0 Å². The van der Waals surface area contributed by atoms with Crippen LogP contribution in [0, 0.1) is 17.6 Å². The van der Waals surface area contributed by atoms with Gasteiger partial charge in [0.05, 0.1) is 5.56 Å². The third-order valence-electron chi connectivity index (χ3n) is 3.38. The van der Waals surface area contributed by atoms with Crippen molar-refractivity contribution in [2.24, 2.45) is 5.92 Å². The van der Waals surface area contributed by atoms with E-state index in [1.54, 1.807) is 4.90 Å². The molecule has 0 aliphatic heterocycles. The van der Waals surface area contributed by atoms with Gasteiger partial charge >= 0.3 is 0 Å². The molecule has 2 nitrogen and oxygen atoms in total. The number of amides is 1. The Kier molecular flexibility index (Phi) is 4.17. The number of halogens is 2. The maximum Gasteiger partial charge on any atom is 0.257 e. The van der Waals surface area contributed by atoms with Crippen molar-refractivity contribution in [3.05, 3.63) is 35.4 Å². The van der Waals surface area contributed by atoms with Crippen LogP contribution in [0.5, 0.6) is 0 Å². The van der Waals surface area contributed by atoms with E-state index in [0.29, 0.717) is 12.5 Å². The van der Waals surface area contributed by atoms with E-state index in [2.05, 4.69) is 13.8 Å². The third-order valence-corrected chi connectivity index (χ3v) is 3.38. The third kappa shape index (κ3) is 3.31. The Morgan fingerprint density at radius 3 is 2.63 bits per heavy atom. The lowest BCUT2D eigenvalue weighted by Crippen LogP contribution is -2.35. The van der Waals surface area contributed by atoms with Gasteiger partial charge in [-0.3, -0.25) is 4.79 Å². The van der Waals surface area contributed by atoms with Gasteiger partial charge in [0, 0.05) is 12.6 Å². The van der Waals surface area contributed by atoms with E-state index in [9.17, 15) is 13.6 Å². The second kappa shape index (κ2) is 5.68. The van der Waals surface area contributed by atoms with Gasteiger partial charge in [0.25, 0.3) is 5.91 Å². The summed E-state index contributed by atoms with van der Waals surface area (Å²) in [4.78, 5) is 14.0. The second-order valence-electron chi connectivity index (χ2n) is 5.51. The standard InChI is InChI=1S/C15H19F2NO/c1-10(2)8-9-18(11-6-7-11)15(19)12-4-3-5-13(16)14(12)17/h3-5,10-11H,6-9H2,1-2H3. The van der Waals surface area contributed by atoms with Crippen molar-refractivity contribution < 1.29 is 13.6 Å². The van der Waals surface area contributed by atoms with Crippen LogP contribution < -0.4 is 0 Å². The number of hydrogen-bond acceptors (Lipinski definition) is 1. The van der Waals surface area contributed by atoms with E-state index in [1.807, 2.05) is 0 Å². The van der Waals surface area contributed by atoms with Crippen LogP contribution in [0.1, 0.15) is 43.5 Å². The minimum absolute atomic E-state index is 0.157. The maximum atomic E-state index is 13.7. The summed E-state index contributed by atoms with van der Waals surface area (Å²) in [6, 6.07) is 3.96. The highest BCUT2D eigenvalue weighted by Gasteiger charge is 2.34. The van der Waals surface area contributed by atoms with Gasteiger partial charge in [-0.15, -0.1) is 0 Å². The minimum atomic E-state index is -1.04. The molecule has 0 bridgehead atoms. The lowest BCUT2D eigenvalue weighted by atomic mass is 10.1. The molecular formula is C15H19F2NO. The Balaban J connectivity index is 2.17. The summed E-state index contributed by atoms with van der Waals surface area (Å²) >= 11 is 0. The van der Waals surface area contributed by atoms with Crippen molar-refractivity contribution in [1.29, 1.82) is 0 Å². The molecule has 1 amide bonds. The SMILES string of the molecule is CC(C)CCN(C(=O)c1cccc(F)c1F)C1CC1. The van der Waals surface area contributed by atoms with Crippen molar-refractivity contribution in [2.75, 3.05) is 6.54 Å². The summed E-state index contributed by atoms with van der Waals surface area (Å²) in [6.07, 6.45) is 2.79. The van der Waals surface area contributed by atoms with E-state index >= 15 is 0 Å². The molecule has 1 aliphatic rings. The van der Waals surface area contributed by atoms with Crippen LogP contribution >= 0.6 is 0 Å². The summed E-state index contributed by atoms with van der Waals surface area (Å²) in [5.41, 5.74) is -0.157. The summed E-state index contributed by atoms with van der Waals surface area (Å²) < 4.78 is 26.9. The summed E-state index contributed by atoms with van der Waals surface area (Å²) in [7, 11) is 0. The lowest BCUT2D eigenvalue weighted by Gasteiger charge is -2.23. The molecule has 104 valence electrons. The van der Waals surface area contributed by atoms with Crippen molar-refractivity contribution in [3.8, 4) is 0 Å². The highest BCUT2D eigenvalue weighted by atomic mass is 19.2. The van der Waals surface area contributed by atoms with Gasteiger partial charge in [-0.05, 0) is 37.3 Å². The predicted molar refractivity (Wildman–Crippen MR) is 69.9 cm³/mol. The minimum Gasteiger partial charge on any atom is -0.336 e. The quantitative estimate of drug-likeness (QED) is 0.798. The smallest absolute Gasteiger partial charge is 0.257 e. The molecule has 0 saturated heterocycles. The average molecular weight is 267 g/mol. The first-order valence-electron chi connectivity index (χ1n) is 6.75. The largest absolute Gasteiger partial charge is 0.336 e. The van der Waals surface area contributed by atoms with E-state index in [-0.39, 0.29) is 17.5 Å². The Hall–Kier alpha value is -1.45. The van der Waals surface area contributed by atoms with Crippen LogP contribution in [-0.2, 0) is 0 Å². The Morgan fingerprint density at radius 1 is 1.37 bits per heavy atom. The second-order valence-corrected chi connectivity index (χ2v) is 5.51. The van der Waals surface area contributed by atoms with Gasteiger partial charge in [-0.1, -0.05) is 19.9 Å². The number of hydrogen-bond donors (Lipinski definition) is 0. The van der Waals surface area contributed by atoms with Crippen LogP contribution in [0.3, 0.4) is 0 Å². The van der Waals surface area contributed by atoms with Gasteiger partial charge < -0.3 is 4.90 Å². The monoisotopic (exact) mass is 267 g/mol. The van der Waals surface area contributed by atoms with Crippen molar-refractivity contribution in [2.45, 2.75) is 39.2 Å². The highest BCUT2D eigenvalue weighted by molar-refractivity contribution is 5.94. The molecule has 0 atom stereocenters. The molecule has 0 radical (unpaired) electrons. The number of rotatable bonds is 5. The molecule has 1 aliphatic carbocycles. The molecule has 1 saturated carbocycles. The number of carbonyl (C=O) groups is 1. The molecule has 0 N–H and O–H groups in total. The van der Waals surface area contributed by atoms with Crippen LogP contribution in [0.15, 0.2) is 18.2 Å². The Bertz CT molecular complexity index is 469. The molecule has 19 heavy (non-hydrogen) atoms. The number of benzene rings is 1. The Morgan fingerprint density at radius 2 is 2.05 bits per heavy atom. The summed E-state index contributed by atoms with van der Waals surface area (Å²) in [5, 5.41) is 0. The van der Waals surface area contributed by atoms with E-state index in [0.717, 1.165) is 25.3 Å². The first-order chi connectivity index (χ1) is 9.00. The molecule has 4 heteroatoms. The number of nitrogens with zero attached hydrogens (tertiary/aromatic N) is 1. The van der Waals surface area contributed by atoms with Gasteiger partial charge in [0.2, 0.25) is 0 Å². The lowest BCUT2D eigenvalue weighted by molar-refractivity contribution is 0.0729. The normalized spacial score (nSPS) is 14.8. The number of carbonyl (C=O) groups excluding carboxylic acids is 1. The van der Waals surface area contributed by atoms with Gasteiger partial charge in [0.1, 0.15) is 0 Å². The molecule has 0 aromatic heterocycles. The van der Waals surface area contributed by atoms with Crippen LogP contribution in [0.4, 0.5) is 8.78 Å². The Labute approximate surface area is 112 Å². The van der Waals surface area contributed by atoms with Crippen LogP contribution in [-0.4, -0.2) is 23.4 Å². The van der Waals surface area contributed by atoms with E-state index in [1.165, 1.54) is 12.1 Å². The summed E-state index contributed by atoms with van der Waals surface area (Å²) in [5.74, 6) is -1.92. The van der Waals surface area contributed by atoms with Gasteiger partial charge in [0.15, 0.2) is 11.6 Å². The zero-order valence-corrected chi connectivity index (χ0v) is 11.3. The van der Waals surface area contributed by atoms with E-state index < -0.39 is 11.6 Å². The molecule has 0 unspecified atom stereocenters. The summed E-state index contributed by atoms with van der Waals surface area (Å²) in [6.45, 7) is 4.77. The molecule has 1 aromatic rings. The topological polar surface area (TPSA) is 20.3 Å². The molecular weight excluding hydrogens is 248 g/mol. The first-order valence-corrected chi connectivity index (χ1v) is 6.75. The molecule has 2 rings (SSSR count). The zero-order chi connectivity index (χ0) is 14.0. The fourth-order valence-corrected chi connectivity index (χ4v) is 2.06. The van der Waals surface area contributed by atoms with Crippen LogP contribution in [0.25, 0.3) is 0 Å². The predicted octanol–water partition coefficient (Wildman–Crippen LogP) is 3.62.